The number of carbonyl (C=O) groups excluding carboxylic acids is 1. The Morgan fingerprint density at radius 2 is 2.14 bits per heavy atom. The van der Waals surface area contributed by atoms with Gasteiger partial charge >= 0.3 is 0 Å². The van der Waals surface area contributed by atoms with Gasteiger partial charge in [-0.2, -0.15) is 0 Å². The number of nitro groups is 1. The molecule has 6 heteroatoms. The summed E-state index contributed by atoms with van der Waals surface area (Å²) in [6, 6.07) is 10.2. The van der Waals surface area contributed by atoms with Crippen molar-refractivity contribution in [3.05, 3.63) is 62.3 Å². The van der Waals surface area contributed by atoms with E-state index in [1.807, 2.05) is 22.4 Å². The van der Waals surface area contributed by atoms with Gasteiger partial charge in [-0.15, -0.1) is 11.3 Å². The molecule has 21 heavy (non-hydrogen) atoms. The van der Waals surface area contributed by atoms with Crippen LogP contribution in [-0.4, -0.2) is 21.8 Å². The average Bonchev–Trinajstić information content (AvgIpc) is 3.20. The van der Waals surface area contributed by atoms with Crippen molar-refractivity contribution in [1.29, 1.82) is 0 Å². The summed E-state index contributed by atoms with van der Waals surface area (Å²) in [6.45, 7) is 0.573. The lowest BCUT2D eigenvalue weighted by Crippen LogP contribution is -2.32. The normalized spacial score (nSPS) is 13.9. The maximum absolute atomic E-state index is 12.6. The van der Waals surface area contributed by atoms with Crippen molar-refractivity contribution >= 4 is 22.9 Å². The van der Waals surface area contributed by atoms with E-state index in [-0.39, 0.29) is 17.6 Å². The van der Waals surface area contributed by atoms with Crippen LogP contribution in [0.25, 0.3) is 0 Å². The van der Waals surface area contributed by atoms with Gasteiger partial charge in [-0.3, -0.25) is 14.9 Å². The Hall–Kier alpha value is -2.21. The van der Waals surface area contributed by atoms with E-state index in [4.69, 9.17) is 0 Å². The molecule has 0 spiro atoms. The summed E-state index contributed by atoms with van der Waals surface area (Å²) in [5.41, 5.74) is 0.334. The molecule has 108 valence electrons. The third-order valence-corrected chi connectivity index (χ3v) is 4.32. The summed E-state index contributed by atoms with van der Waals surface area (Å²) in [5.74, 6) is -0.130. The first kappa shape index (κ1) is 13.8. The molecule has 2 aromatic rings. The van der Waals surface area contributed by atoms with Gasteiger partial charge in [0.25, 0.3) is 11.6 Å². The van der Waals surface area contributed by atoms with Crippen molar-refractivity contribution in [3.63, 3.8) is 0 Å². The van der Waals surface area contributed by atoms with Gasteiger partial charge in [-0.05, 0) is 30.4 Å². The smallest absolute Gasteiger partial charge is 0.270 e. The van der Waals surface area contributed by atoms with Gasteiger partial charge in [0, 0.05) is 28.6 Å². The van der Waals surface area contributed by atoms with E-state index in [0.717, 1.165) is 17.7 Å². The summed E-state index contributed by atoms with van der Waals surface area (Å²) in [7, 11) is 0. The zero-order chi connectivity index (χ0) is 14.8. The van der Waals surface area contributed by atoms with Gasteiger partial charge in [0.15, 0.2) is 0 Å². The number of thiophene rings is 1. The van der Waals surface area contributed by atoms with Crippen molar-refractivity contribution in [2.24, 2.45) is 0 Å². The summed E-state index contributed by atoms with van der Waals surface area (Å²) < 4.78 is 0. The van der Waals surface area contributed by atoms with E-state index in [9.17, 15) is 14.9 Å². The average molecular weight is 302 g/mol. The number of nitrogens with zero attached hydrogens (tertiary/aromatic N) is 2. The van der Waals surface area contributed by atoms with Crippen LogP contribution >= 0.6 is 11.3 Å². The molecular formula is C15H14N2O3S. The highest BCUT2D eigenvalue weighted by Gasteiger charge is 2.33. The first-order valence-corrected chi connectivity index (χ1v) is 7.61. The van der Waals surface area contributed by atoms with Crippen LogP contribution in [0.5, 0.6) is 0 Å². The molecule has 5 nitrogen and oxygen atoms in total. The lowest BCUT2D eigenvalue weighted by Gasteiger charge is -2.21. The maximum Gasteiger partial charge on any atom is 0.270 e. The Kier molecular flexibility index (Phi) is 3.70. The minimum Gasteiger partial charge on any atom is -0.331 e. The Morgan fingerprint density at radius 1 is 1.33 bits per heavy atom. The van der Waals surface area contributed by atoms with Crippen molar-refractivity contribution < 1.29 is 9.72 Å². The van der Waals surface area contributed by atoms with E-state index < -0.39 is 4.92 Å². The Balaban J connectivity index is 1.84. The highest BCUT2D eigenvalue weighted by Crippen LogP contribution is 2.31. The fourth-order valence-corrected chi connectivity index (χ4v) is 2.94. The molecular weight excluding hydrogens is 288 g/mol. The molecule has 1 aromatic carbocycles. The maximum atomic E-state index is 12.6. The third-order valence-electron chi connectivity index (χ3n) is 3.46. The van der Waals surface area contributed by atoms with Crippen LogP contribution in [-0.2, 0) is 6.54 Å². The van der Waals surface area contributed by atoms with E-state index >= 15 is 0 Å². The molecule has 1 aliphatic carbocycles. The number of non-ortho nitro benzene ring substituents is 1. The van der Waals surface area contributed by atoms with Crippen LogP contribution in [0.4, 0.5) is 5.69 Å². The first-order valence-electron chi connectivity index (χ1n) is 6.73. The number of benzene rings is 1. The van der Waals surface area contributed by atoms with Crippen LogP contribution < -0.4 is 0 Å². The van der Waals surface area contributed by atoms with E-state index in [0.29, 0.717) is 12.1 Å². The number of hydrogen-bond donors (Lipinski definition) is 0. The summed E-state index contributed by atoms with van der Waals surface area (Å²) in [6.07, 6.45) is 2.01. The summed E-state index contributed by atoms with van der Waals surface area (Å²) in [4.78, 5) is 25.9. The quantitative estimate of drug-likeness (QED) is 0.627. The molecule has 0 aliphatic heterocycles. The van der Waals surface area contributed by atoms with Gasteiger partial charge < -0.3 is 4.90 Å². The van der Waals surface area contributed by atoms with Crippen LogP contribution in [0.2, 0.25) is 0 Å². The molecule has 1 saturated carbocycles. The van der Waals surface area contributed by atoms with Crippen LogP contribution in [0, 0.1) is 10.1 Å². The predicted octanol–water partition coefficient (Wildman–Crippen LogP) is 3.46. The molecule has 3 rings (SSSR count). The number of rotatable bonds is 5. The van der Waals surface area contributed by atoms with Crippen molar-refractivity contribution in [2.75, 3.05) is 0 Å². The zero-order valence-electron chi connectivity index (χ0n) is 11.3. The fraction of sp³-hybridized carbons (Fsp3) is 0.267. The van der Waals surface area contributed by atoms with Gasteiger partial charge in [0.1, 0.15) is 0 Å². The Labute approximate surface area is 126 Å². The molecule has 1 amide bonds. The summed E-state index contributed by atoms with van der Waals surface area (Å²) in [5, 5.41) is 12.8. The number of amides is 1. The molecule has 1 aromatic heterocycles. The topological polar surface area (TPSA) is 63.4 Å². The van der Waals surface area contributed by atoms with Crippen molar-refractivity contribution in [2.45, 2.75) is 25.4 Å². The molecule has 0 atom stereocenters. The van der Waals surface area contributed by atoms with E-state index in [1.54, 1.807) is 23.5 Å². The second-order valence-electron chi connectivity index (χ2n) is 5.05. The van der Waals surface area contributed by atoms with Gasteiger partial charge in [0.05, 0.1) is 11.5 Å². The van der Waals surface area contributed by atoms with Crippen molar-refractivity contribution in [3.8, 4) is 0 Å². The molecule has 0 N–H and O–H groups in total. The highest BCUT2D eigenvalue weighted by atomic mass is 32.1. The zero-order valence-corrected chi connectivity index (χ0v) is 12.1. The lowest BCUT2D eigenvalue weighted by molar-refractivity contribution is -0.384. The minimum atomic E-state index is -0.475. The molecule has 1 heterocycles. The van der Waals surface area contributed by atoms with Crippen LogP contribution in [0.15, 0.2) is 41.8 Å². The van der Waals surface area contributed by atoms with Crippen molar-refractivity contribution in [1.82, 2.24) is 4.90 Å². The molecule has 0 unspecified atom stereocenters. The largest absolute Gasteiger partial charge is 0.331 e. The minimum absolute atomic E-state index is 0.0484. The van der Waals surface area contributed by atoms with Crippen LogP contribution in [0.1, 0.15) is 28.1 Å². The molecule has 0 radical (unpaired) electrons. The van der Waals surface area contributed by atoms with Gasteiger partial charge in [0.2, 0.25) is 0 Å². The molecule has 0 bridgehead atoms. The molecule has 1 aliphatic rings. The second-order valence-corrected chi connectivity index (χ2v) is 6.08. The Morgan fingerprint density at radius 3 is 2.76 bits per heavy atom. The van der Waals surface area contributed by atoms with E-state index in [2.05, 4.69) is 0 Å². The third kappa shape index (κ3) is 3.11. The number of carbonyl (C=O) groups is 1. The molecule has 0 saturated heterocycles. The van der Waals surface area contributed by atoms with Crippen LogP contribution in [0.3, 0.4) is 0 Å². The fourth-order valence-electron chi connectivity index (χ4n) is 2.24. The summed E-state index contributed by atoms with van der Waals surface area (Å²) >= 11 is 1.61. The van der Waals surface area contributed by atoms with E-state index in [1.165, 1.54) is 12.1 Å². The lowest BCUT2D eigenvalue weighted by atomic mass is 10.1. The monoisotopic (exact) mass is 302 g/mol. The SMILES string of the molecule is O=C(c1cccc([N+](=O)[O-])c1)N(Cc1cccs1)C1CC1. The van der Waals surface area contributed by atoms with Gasteiger partial charge in [-0.1, -0.05) is 12.1 Å². The predicted molar refractivity (Wildman–Crippen MR) is 80.3 cm³/mol. The first-order chi connectivity index (χ1) is 10.1. The Bertz CT molecular complexity index is 665. The second kappa shape index (κ2) is 5.65. The highest BCUT2D eigenvalue weighted by molar-refractivity contribution is 7.09. The number of nitro benzene ring substituents is 1. The molecule has 1 fully saturated rings. The number of hydrogen-bond acceptors (Lipinski definition) is 4. The van der Waals surface area contributed by atoms with Gasteiger partial charge in [-0.25, -0.2) is 0 Å². The standard InChI is InChI=1S/C15H14N2O3S/c18-15(11-3-1-4-13(9-11)17(19)20)16(12-6-7-12)10-14-5-2-8-21-14/h1-5,8-9,12H,6-7,10H2.